The summed E-state index contributed by atoms with van der Waals surface area (Å²) in [6, 6.07) is 7.88. The van der Waals surface area contributed by atoms with Crippen molar-refractivity contribution in [1.82, 2.24) is 9.88 Å². The van der Waals surface area contributed by atoms with Crippen molar-refractivity contribution in [2.24, 2.45) is 4.99 Å². The molecule has 1 aliphatic heterocycles. The fraction of sp³-hybridized carbons (Fsp3) is 0.267. The number of amides is 1. The molecule has 0 saturated heterocycles. The number of aliphatic imine (C=N–C) groups is 1. The summed E-state index contributed by atoms with van der Waals surface area (Å²) in [6.07, 6.45) is -6.08. The Kier molecular flexibility index (Phi) is 7.88. The van der Waals surface area contributed by atoms with Crippen LogP contribution in [0, 0.1) is 12.7 Å². The molecular formula is C30H24F7N3O2. The van der Waals surface area contributed by atoms with E-state index in [4.69, 9.17) is 0 Å². The number of alkyl halides is 6. The molecule has 0 N–H and O–H groups in total. The minimum absolute atomic E-state index is 0.00319. The van der Waals surface area contributed by atoms with E-state index in [2.05, 4.69) is 9.98 Å². The summed E-state index contributed by atoms with van der Waals surface area (Å²) in [7, 11) is 1.25. The molecule has 220 valence electrons. The van der Waals surface area contributed by atoms with Gasteiger partial charge < -0.3 is 4.90 Å². The second kappa shape index (κ2) is 10.8. The third-order valence-electron chi connectivity index (χ3n) is 7.13. The third-order valence-corrected chi connectivity index (χ3v) is 7.13. The highest BCUT2D eigenvalue weighted by atomic mass is 19.4. The lowest BCUT2D eigenvalue weighted by Crippen LogP contribution is -2.44. The molecule has 1 amide bonds. The first kappa shape index (κ1) is 30.6. The van der Waals surface area contributed by atoms with E-state index in [1.165, 1.54) is 51.6 Å². The molecule has 1 aromatic heterocycles. The molecule has 0 fully saturated rings. The second-order valence-corrected chi connectivity index (χ2v) is 10.4. The third kappa shape index (κ3) is 5.83. The van der Waals surface area contributed by atoms with E-state index < -0.39 is 57.9 Å². The minimum Gasteiger partial charge on any atom is -0.316 e. The first-order chi connectivity index (χ1) is 19.4. The van der Waals surface area contributed by atoms with Crippen LogP contribution in [-0.4, -0.2) is 34.3 Å². The molecule has 42 heavy (non-hydrogen) atoms. The number of halogens is 7. The predicted octanol–water partition coefficient (Wildman–Crippen LogP) is 7.00. The van der Waals surface area contributed by atoms with E-state index in [0.29, 0.717) is 28.8 Å². The number of likely N-dealkylation sites (N-methyl/N-ethyl adjacent to an activating group) is 1. The molecule has 0 saturated carbocycles. The van der Waals surface area contributed by atoms with Crippen molar-refractivity contribution in [1.29, 1.82) is 0 Å². The number of aryl methyl sites for hydroxylation is 1. The number of pyridine rings is 1. The maximum absolute atomic E-state index is 14.0. The van der Waals surface area contributed by atoms with Crippen molar-refractivity contribution < 1.29 is 40.3 Å². The molecule has 3 aromatic rings. The predicted molar refractivity (Wildman–Crippen MR) is 140 cm³/mol. The summed E-state index contributed by atoms with van der Waals surface area (Å²) < 4.78 is 95.2. The highest BCUT2D eigenvalue weighted by molar-refractivity contribution is 6.49. The van der Waals surface area contributed by atoms with Gasteiger partial charge in [0.1, 0.15) is 11.5 Å². The second-order valence-electron chi connectivity index (χ2n) is 10.4. The Morgan fingerprint density at radius 2 is 1.50 bits per heavy atom. The van der Waals surface area contributed by atoms with Crippen LogP contribution in [0.3, 0.4) is 0 Å². The van der Waals surface area contributed by atoms with Crippen LogP contribution < -0.4 is 0 Å². The van der Waals surface area contributed by atoms with Crippen LogP contribution in [0.4, 0.5) is 30.7 Å². The van der Waals surface area contributed by atoms with Gasteiger partial charge in [0.25, 0.3) is 0 Å². The highest BCUT2D eigenvalue weighted by Crippen LogP contribution is 2.41. The number of Topliss-reactive ketones (excluding diaryl/α,β-unsaturated/α-hetero) is 1. The average molecular weight is 592 g/mol. The largest absolute Gasteiger partial charge is 0.416 e. The monoisotopic (exact) mass is 591 g/mol. The number of rotatable bonds is 5. The lowest BCUT2D eigenvalue weighted by atomic mass is 9.79. The quantitative estimate of drug-likeness (QED) is 0.300. The van der Waals surface area contributed by atoms with E-state index in [1.807, 2.05) is 0 Å². The van der Waals surface area contributed by atoms with E-state index in [-0.39, 0.29) is 17.5 Å². The summed E-state index contributed by atoms with van der Waals surface area (Å²) in [5.41, 5.74) is -4.48. The Bertz CT molecular complexity index is 1580. The van der Waals surface area contributed by atoms with Gasteiger partial charge in [0.15, 0.2) is 5.78 Å². The van der Waals surface area contributed by atoms with Crippen LogP contribution in [-0.2, 0) is 27.4 Å². The van der Waals surface area contributed by atoms with Gasteiger partial charge in [-0.05, 0) is 79.9 Å². The van der Waals surface area contributed by atoms with Crippen molar-refractivity contribution in [3.8, 4) is 0 Å². The number of nitrogens with zero attached hydrogens (tertiary/aromatic N) is 3. The summed E-state index contributed by atoms with van der Waals surface area (Å²) in [5.74, 6) is -3.23. The van der Waals surface area contributed by atoms with Gasteiger partial charge >= 0.3 is 12.4 Å². The highest BCUT2D eigenvalue weighted by Gasteiger charge is 2.43. The zero-order valence-electron chi connectivity index (χ0n) is 22.7. The number of benzene rings is 2. The van der Waals surface area contributed by atoms with Crippen LogP contribution in [0.2, 0.25) is 0 Å². The number of hydrogen-bond acceptors (Lipinski definition) is 4. The van der Waals surface area contributed by atoms with Crippen molar-refractivity contribution in [3.63, 3.8) is 0 Å². The molecule has 0 unspecified atom stereocenters. The fourth-order valence-electron chi connectivity index (χ4n) is 4.78. The molecule has 2 heterocycles. The maximum atomic E-state index is 14.0. The van der Waals surface area contributed by atoms with E-state index >= 15 is 0 Å². The molecule has 4 rings (SSSR count). The van der Waals surface area contributed by atoms with Gasteiger partial charge in [0, 0.05) is 31.2 Å². The van der Waals surface area contributed by atoms with Crippen LogP contribution in [0.25, 0.3) is 0 Å². The normalized spacial score (nSPS) is 16.2. The molecule has 5 nitrogen and oxygen atoms in total. The van der Waals surface area contributed by atoms with E-state index in [9.17, 15) is 40.3 Å². The molecule has 0 radical (unpaired) electrons. The SMILES string of the molecule is Cc1cc(F)ccc1[C@H]1C(=O)C(c2cccnc2)=NC=C1N(C)C(=O)C(C)(C)c1cc(C(F)(F)F)cc(C(F)(F)F)c1. The van der Waals surface area contributed by atoms with Crippen LogP contribution in [0.5, 0.6) is 0 Å². The number of allylic oxidation sites excluding steroid dienone is 1. The summed E-state index contributed by atoms with van der Waals surface area (Å²) in [4.78, 5) is 36.9. The number of hydrogen-bond donors (Lipinski definition) is 0. The van der Waals surface area contributed by atoms with Gasteiger partial charge in [-0.1, -0.05) is 6.07 Å². The smallest absolute Gasteiger partial charge is 0.316 e. The molecular weight excluding hydrogens is 567 g/mol. The average Bonchev–Trinajstić information content (AvgIpc) is 2.91. The summed E-state index contributed by atoms with van der Waals surface area (Å²) in [6.45, 7) is 3.94. The first-order valence-electron chi connectivity index (χ1n) is 12.5. The topological polar surface area (TPSA) is 62.6 Å². The van der Waals surface area contributed by atoms with Gasteiger partial charge in [-0.2, -0.15) is 26.3 Å². The van der Waals surface area contributed by atoms with Gasteiger partial charge in [-0.3, -0.25) is 19.6 Å². The Labute approximate surface area is 236 Å². The molecule has 0 aliphatic carbocycles. The standard InChI is InChI=1S/C30H24F7N3O2/c1-16-10-21(31)7-8-22(16)24-23(15-39-25(26(24)41)17-6-5-9-38-14-17)40(4)27(42)28(2,3)18-11-19(29(32,33)34)13-20(12-18)30(35,36)37/h5-15,24H,1-4H3/t24-/m1/s1. The van der Waals surface area contributed by atoms with E-state index in [1.54, 1.807) is 19.1 Å². The maximum Gasteiger partial charge on any atom is 0.416 e. The number of aromatic nitrogens is 1. The Morgan fingerprint density at radius 3 is 2.02 bits per heavy atom. The zero-order valence-corrected chi connectivity index (χ0v) is 22.7. The number of ketones is 1. The zero-order chi connectivity index (χ0) is 31.2. The Balaban J connectivity index is 1.84. The number of carbonyl (C=O) groups excluding carboxylic acids is 2. The van der Waals surface area contributed by atoms with Crippen molar-refractivity contribution in [3.05, 3.63) is 112 Å². The first-order valence-corrected chi connectivity index (χ1v) is 12.5. The van der Waals surface area contributed by atoms with Gasteiger partial charge in [0.05, 0.1) is 28.2 Å². The summed E-state index contributed by atoms with van der Waals surface area (Å²) in [5, 5.41) is 0. The Morgan fingerprint density at radius 1 is 0.905 bits per heavy atom. The molecule has 12 heteroatoms. The fourth-order valence-corrected chi connectivity index (χ4v) is 4.78. The van der Waals surface area contributed by atoms with Crippen LogP contribution in [0.1, 0.15) is 53.1 Å². The molecule has 1 aliphatic rings. The van der Waals surface area contributed by atoms with Crippen molar-refractivity contribution in [2.45, 2.75) is 44.5 Å². The molecule has 0 bridgehead atoms. The van der Waals surface area contributed by atoms with Gasteiger partial charge in [-0.25, -0.2) is 4.39 Å². The Hall–Kier alpha value is -4.35. The molecule has 1 atom stereocenters. The van der Waals surface area contributed by atoms with Crippen molar-refractivity contribution in [2.75, 3.05) is 7.05 Å². The minimum atomic E-state index is -5.11. The van der Waals surface area contributed by atoms with Gasteiger partial charge in [0.2, 0.25) is 5.91 Å². The lowest BCUT2D eigenvalue weighted by Gasteiger charge is -2.35. The van der Waals surface area contributed by atoms with Crippen LogP contribution >= 0.6 is 0 Å². The summed E-state index contributed by atoms with van der Waals surface area (Å²) >= 11 is 0. The molecule has 0 spiro atoms. The van der Waals surface area contributed by atoms with Crippen LogP contribution in [0.15, 0.2) is 77.8 Å². The van der Waals surface area contributed by atoms with E-state index in [0.717, 1.165) is 11.0 Å². The lowest BCUT2D eigenvalue weighted by molar-refractivity contribution is -0.144. The van der Waals surface area contributed by atoms with Crippen molar-refractivity contribution >= 4 is 17.4 Å². The molecule has 2 aromatic carbocycles. The number of carbonyl (C=O) groups is 2. The van der Waals surface area contributed by atoms with Gasteiger partial charge in [-0.15, -0.1) is 0 Å².